The normalized spacial score (nSPS) is 21.1. The van der Waals surface area contributed by atoms with Crippen LogP contribution in [0, 0.1) is 71.7 Å². The highest BCUT2D eigenvalue weighted by atomic mass is 16.6. The van der Waals surface area contributed by atoms with Crippen molar-refractivity contribution in [3.63, 3.8) is 0 Å². The molecular weight excluding hydrogens is 388 g/mol. The third-order valence-electron chi connectivity index (χ3n) is 5.10. The Morgan fingerprint density at radius 3 is 1.90 bits per heavy atom. The summed E-state index contributed by atoms with van der Waals surface area (Å²) in [4.78, 5) is 27.8. The summed E-state index contributed by atoms with van der Waals surface area (Å²) in [7, 11) is 1.01. The van der Waals surface area contributed by atoms with E-state index in [1.165, 1.54) is 0 Å². The first-order valence-electron chi connectivity index (χ1n) is 8.57. The van der Waals surface area contributed by atoms with Crippen molar-refractivity contribution in [2.75, 3.05) is 7.11 Å². The molecule has 2 rings (SSSR count). The number of aliphatic imine (C=N–C) groups is 1. The van der Waals surface area contributed by atoms with Gasteiger partial charge in [0.1, 0.15) is 0 Å². The van der Waals surface area contributed by atoms with Crippen molar-refractivity contribution >= 4 is 17.4 Å². The predicted octanol–water partition coefficient (Wildman–Crippen LogP) is 2.53. The van der Waals surface area contributed by atoms with Gasteiger partial charge in [-0.15, -0.1) is 0 Å². The fourth-order valence-corrected chi connectivity index (χ4v) is 3.74. The lowest BCUT2D eigenvalue weighted by Gasteiger charge is -2.37. The van der Waals surface area contributed by atoms with Crippen molar-refractivity contribution in [1.29, 1.82) is 21.0 Å². The molecule has 1 aromatic rings. The summed E-state index contributed by atoms with van der Waals surface area (Å²) in [5, 5.41) is 51.3. The number of carbonyl (C=O) groups excluding carboxylic acids is 1. The van der Waals surface area contributed by atoms with Gasteiger partial charge in [0.05, 0.1) is 42.0 Å². The van der Waals surface area contributed by atoms with Gasteiger partial charge in [-0.05, 0) is 17.7 Å². The molecule has 150 valence electrons. The standard InChI is InChI=1S/C20H16N6O4/c1-17(2,3)15-18(9-21,10-22)19(11-23,12-24)20(25-15,16(27)30-4)13-5-7-14(8-6-13)26(28)29/h5-8H,1-4H3. The number of benzene rings is 1. The van der Waals surface area contributed by atoms with E-state index in [4.69, 9.17) is 4.74 Å². The Bertz CT molecular complexity index is 1090. The Balaban J connectivity index is 3.13. The number of carbonyl (C=O) groups is 1. The number of hydrogen-bond donors (Lipinski definition) is 0. The lowest BCUT2D eigenvalue weighted by Crippen LogP contribution is -2.55. The SMILES string of the molecule is COC(=O)C1(c2ccc([N+](=O)[O-])cc2)N=C(C(C)(C)C)C(C#N)(C#N)C1(C#N)C#N. The summed E-state index contributed by atoms with van der Waals surface area (Å²) in [6.45, 7) is 4.87. The van der Waals surface area contributed by atoms with E-state index in [0.29, 0.717) is 0 Å². The second-order valence-electron chi connectivity index (χ2n) is 7.66. The van der Waals surface area contributed by atoms with Crippen LogP contribution in [0.4, 0.5) is 5.69 Å². The van der Waals surface area contributed by atoms with Gasteiger partial charge in [0, 0.05) is 17.5 Å². The van der Waals surface area contributed by atoms with Gasteiger partial charge in [0.2, 0.25) is 16.4 Å². The monoisotopic (exact) mass is 404 g/mol. The van der Waals surface area contributed by atoms with Gasteiger partial charge < -0.3 is 4.74 Å². The molecule has 1 unspecified atom stereocenters. The largest absolute Gasteiger partial charge is 0.467 e. The summed E-state index contributed by atoms with van der Waals surface area (Å²) in [5.41, 5.74) is -8.93. The second kappa shape index (κ2) is 6.95. The zero-order valence-corrected chi connectivity index (χ0v) is 16.6. The first-order chi connectivity index (χ1) is 14.0. The first kappa shape index (κ1) is 22.0. The van der Waals surface area contributed by atoms with E-state index in [0.717, 1.165) is 31.4 Å². The van der Waals surface area contributed by atoms with Crippen LogP contribution in [0.3, 0.4) is 0 Å². The van der Waals surface area contributed by atoms with Crippen LogP contribution in [0.2, 0.25) is 0 Å². The average Bonchev–Trinajstić information content (AvgIpc) is 3.01. The van der Waals surface area contributed by atoms with Crippen LogP contribution in [0.5, 0.6) is 0 Å². The molecule has 1 aromatic carbocycles. The van der Waals surface area contributed by atoms with Gasteiger partial charge in [0.25, 0.3) is 5.69 Å². The topological polar surface area (TPSA) is 177 Å². The first-order valence-corrected chi connectivity index (χ1v) is 8.57. The third-order valence-corrected chi connectivity index (χ3v) is 5.10. The van der Waals surface area contributed by atoms with Gasteiger partial charge in [-0.1, -0.05) is 20.8 Å². The molecule has 0 amide bonds. The fraction of sp³-hybridized carbons (Fsp3) is 0.400. The molecule has 10 heteroatoms. The highest BCUT2D eigenvalue weighted by molar-refractivity contribution is 6.08. The van der Waals surface area contributed by atoms with E-state index >= 15 is 0 Å². The zero-order valence-electron chi connectivity index (χ0n) is 16.6. The molecule has 0 saturated carbocycles. The van der Waals surface area contributed by atoms with Crippen molar-refractivity contribution < 1.29 is 14.5 Å². The molecule has 1 aliphatic heterocycles. The Morgan fingerprint density at radius 1 is 1.07 bits per heavy atom. The second-order valence-corrected chi connectivity index (χ2v) is 7.66. The smallest absolute Gasteiger partial charge is 0.341 e. The maximum atomic E-state index is 13.1. The van der Waals surface area contributed by atoms with Crippen molar-refractivity contribution in [3.05, 3.63) is 39.9 Å². The molecular formula is C20H16N6O4. The quantitative estimate of drug-likeness (QED) is 0.419. The maximum Gasteiger partial charge on any atom is 0.341 e. The molecule has 10 nitrogen and oxygen atoms in total. The molecule has 0 N–H and O–H groups in total. The molecule has 0 radical (unpaired) electrons. The molecule has 0 saturated heterocycles. The number of methoxy groups -OCH3 is 1. The Morgan fingerprint density at radius 2 is 1.57 bits per heavy atom. The van der Waals surface area contributed by atoms with E-state index in [-0.39, 0.29) is 17.0 Å². The average molecular weight is 404 g/mol. The Labute approximate surface area is 172 Å². The van der Waals surface area contributed by atoms with E-state index in [9.17, 15) is 36.0 Å². The highest BCUT2D eigenvalue weighted by Gasteiger charge is 2.78. The molecule has 0 bridgehead atoms. The number of nitriles is 4. The fourth-order valence-electron chi connectivity index (χ4n) is 3.74. The molecule has 30 heavy (non-hydrogen) atoms. The summed E-state index contributed by atoms with van der Waals surface area (Å²) >= 11 is 0. The van der Waals surface area contributed by atoms with Gasteiger partial charge in [-0.3, -0.25) is 15.1 Å². The minimum Gasteiger partial charge on any atom is -0.467 e. The number of non-ortho nitro benzene ring substituents is 1. The molecule has 0 spiro atoms. The van der Waals surface area contributed by atoms with Crippen LogP contribution in [0.15, 0.2) is 29.3 Å². The molecule has 0 fully saturated rings. The van der Waals surface area contributed by atoms with Crippen LogP contribution in [-0.4, -0.2) is 23.7 Å². The number of nitro benzene ring substituents is 1. The van der Waals surface area contributed by atoms with Crippen molar-refractivity contribution in [2.24, 2.45) is 21.2 Å². The number of ether oxygens (including phenoxy) is 1. The highest BCUT2D eigenvalue weighted by Crippen LogP contribution is 2.62. The molecule has 1 atom stereocenters. The van der Waals surface area contributed by atoms with Crippen LogP contribution in [0.1, 0.15) is 26.3 Å². The molecule has 0 aromatic heterocycles. The van der Waals surface area contributed by atoms with E-state index in [1.54, 1.807) is 45.0 Å². The third kappa shape index (κ3) is 2.45. The van der Waals surface area contributed by atoms with E-state index in [1.807, 2.05) is 0 Å². The minimum atomic E-state index is -2.62. The lowest BCUT2D eigenvalue weighted by molar-refractivity contribution is -0.384. The molecule has 1 heterocycles. The Kier molecular flexibility index (Phi) is 5.10. The van der Waals surface area contributed by atoms with Gasteiger partial charge in [-0.2, -0.15) is 21.0 Å². The zero-order chi connectivity index (χ0) is 23.0. The van der Waals surface area contributed by atoms with Gasteiger partial charge in [0.15, 0.2) is 0 Å². The summed E-state index contributed by atoms with van der Waals surface area (Å²) in [5.74, 6) is -1.14. The summed E-state index contributed by atoms with van der Waals surface area (Å²) in [6, 6.07) is 11.4. The van der Waals surface area contributed by atoms with Gasteiger partial charge in [-0.25, -0.2) is 4.79 Å². The van der Waals surface area contributed by atoms with Crippen molar-refractivity contribution in [3.8, 4) is 24.3 Å². The molecule has 1 aliphatic rings. The molecule has 0 aliphatic carbocycles. The van der Waals surface area contributed by atoms with Gasteiger partial charge >= 0.3 is 5.97 Å². The van der Waals surface area contributed by atoms with Crippen LogP contribution >= 0.6 is 0 Å². The predicted molar refractivity (Wildman–Crippen MR) is 101 cm³/mol. The van der Waals surface area contributed by atoms with E-state index in [2.05, 4.69) is 4.99 Å². The van der Waals surface area contributed by atoms with Crippen LogP contribution < -0.4 is 0 Å². The van der Waals surface area contributed by atoms with Crippen molar-refractivity contribution in [2.45, 2.75) is 26.3 Å². The van der Waals surface area contributed by atoms with Crippen LogP contribution in [-0.2, 0) is 15.1 Å². The number of esters is 1. The maximum absolute atomic E-state index is 13.1. The van der Waals surface area contributed by atoms with Crippen LogP contribution in [0.25, 0.3) is 0 Å². The number of nitro groups is 1. The van der Waals surface area contributed by atoms with E-state index < -0.39 is 32.7 Å². The minimum absolute atomic E-state index is 0.0859. The summed E-state index contributed by atoms with van der Waals surface area (Å²) < 4.78 is 4.87. The lowest BCUT2D eigenvalue weighted by atomic mass is 9.54. The number of hydrogen-bond acceptors (Lipinski definition) is 9. The van der Waals surface area contributed by atoms with Crippen molar-refractivity contribution in [1.82, 2.24) is 0 Å². The Hall–Kier alpha value is -4.28. The number of nitrogens with zero attached hydrogens (tertiary/aromatic N) is 6. The summed E-state index contributed by atoms with van der Waals surface area (Å²) in [6.07, 6.45) is 0. The number of rotatable bonds is 3.